The van der Waals surface area contributed by atoms with Crippen molar-refractivity contribution in [3.05, 3.63) is 102 Å². The summed E-state index contributed by atoms with van der Waals surface area (Å²) < 4.78 is 0. The molecule has 2 amide bonds. The molecule has 1 atom stereocenters. The van der Waals surface area contributed by atoms with Crippen LogP contribution < -0.4 is 5.32 Å². The first-order valence-corrected chi connectivity index (χ1v) is 13.0. The molecule has 0 radical (unpaired) electrons. The molecule has 0 aliphatic heterocycles. The lowest BCUT2D eigenvalue weighted by molar-refractivity contribution is -0.139. The molecule has 0 unspecified atom stereocenters. The van der Waals surface area contributed by atoms with Crippen LogP contribution in [0.4, 0.5) is 0 Å². The third-order valence-corrected chi connectivity index (χ3v) is 7.27. The molecule has 4 rings (SSSR count). The molecular weight excluding hydrogens is 440 g/mol. The molecule has 5 heteroatoms. The average Bonchev–Trinajstić information content (AvgIpc) is 3.39. The molecule has 1 aliphatic carbocycles. The molecular formula is C29H32N2O2S. The van der Waals surface area contributed by atoms with E-state index < -0.39 is 6.04 Å². The monoisotopic (exact) mass is 472 g/mol. The van der Waals surface area contributed by atoms with E-state index in [1.807, 2.05) is 91.0 Å². The van der Waals surface area contributed by atoms with Crippen molar-refractivity contribution in [1.29, 1.82) is 0 Å². The Hall–Kier alpha value is -3.05. The van der Waals surface area contributed by atoms with Crippen LogP contribution in [0.3, 0.4) is 0 Å². The Morgan fingerprint density at radius 3 is 2.00 bits per heavy atom. The summed E-state index contributed by atoms with van der Waals surface area (Å²) >= 11 is 1.51. The van der Waals surface area contributed by atoms with Crippen LogP contribution in [0.1, 0.15) is 36.8 Å². The third-order valence-electron chi connectivity index (χ3n) is 6.27. The van der Waals surface area contributed by atoms with Gasteiger partial charge < -0.3 is 10.2 Å². The molecule has 0 heterocycles. The van der Waals surface area contributed by atoms with Crippen LogP contribution in [0.2, 0.25) is 0 Å². The van der Waals surface area contributed by atoms with Gasteiger partial charge >= 0.3 is 0 Å². The summed E-state index contributed by atoms with van der Waals surface area (Å²) in [5.41, 5.74) is 2.07. The highest BCUT2D eigenvalue weighted by molar-refractivity contribution is 8.00. The number of hydrogen-bond acceptors (Lipinski definition) is 3. The second-order valence-corrected chi connectivity index (χ2v) is 9.85. The zero-order valence-electron chi connectivity index (χ0n) is 19.4. The summed E-state index contributed by atoms with van der Waals surface area (Å²) in [4.78, 5) is 30.0. The van der Waals surface area contributed by atoms with E-state index in [1.165, 1.54) is 11.8 Å². The van der Waals surface area contributed by atoms with E-state index in [-0.39, 0.29) is 17.9 Å². The molecule has 34 heavy (non-hydrogen) atoms. The van der Waals surface area contributed by atoms with Crippen LogP contribution in [0.5, 0.6) is 0 Å². The Balaban J connectivity index is 1.59. The predicted octanol–water partition coefficient (Wildman–Crippen LogP) is 5.48. The number of benzene rings is 3. The normalized spacial score (nSPS) is 14.5. The van der Waals surface area contributed by atoms with Gasteiger partial charge in [-0.2, -0.15) is 0 Å². The molecule has 3 aromatic carbocycles. The van der Waals surface area contributed by atoms with Gasteiger partial charge in [0.2, 0.25) is 11.8 Å². The molecule has 1 fully saturated rings. The standard InChI is InChI=1S/C29H32N2O2S/c32-28(22-34-26-18-8-3-9-19-26)31(21-24-14-6-2-7-15-24)27(20-23-12-4-1-5-13-23)29(33)30-25-16-10-11-17-25/h1-9,12-15,18-19,25,27H,10-11,16-17,20-22H2,(H,30,33)/t27-/m1/s1. The third kappa shape index (κ3) is 6.97. The lowest BCUT2D eigenvalue weighted by Crippen LogP contribution is -2.52. The fourth-order valence-corrected chi connectivity index (χ4v) is 5.25. The van der Waals surface area contributed by atoms with E-state index >= 15 is 0 Å². The second kappa shape index (κ2) is 12.4. The van der Waals surface area contributed by atoms with Crippen LogP contribution in [0.25, 0.3) is 0 Å². The van der Waals surface area contributed by atoms with Crippen molar-refractivity contribution >= 4 is 23.6 Å². The first kappa shape index (κ1) is 24.1. The lowest BCUT2D eigenvalue weighted by atomic mass is 10.0. The molecule has 0 bridgehead atoms. The largest absolute Gasteiger partial charge is 0.352 e. The van der Waals surface area contributed by atoms with Crippen molar-refractivity contribution in [1.82, 2.24) is 10.2 Å². The molecule has 4 nitrogen and oxygen atoms in total. The van der Waals surface area contributed by atoms with E-state index in [9.17, 15) is 9.59 Å². The van der Waals surface area contributed by atoms with Crippen molar-refractivity contribution < 1.29 is 9.59 Å². The summed E-state index contributed by atoms with van der Waals surface area (Å²) in [5, 5.41) is 3.25. The van der Waals surface area contributed by atoms with Crippen molar-refractivity contribution in [3.8, 4) is 0 Å². The minimum absolute atomic E-state index is 0.0276. The number of nitrogens with one attached hydrogen (secondary N) is 1. The van der Waals surface area contributed by atoms with Gasteiger partial charge in [-0.15, -0.1) is 11.8 Å². The van der Waals surface area contributed by atoms with Crippen LogP contribution in [-0.2, 0) is 22.6 Å². The fourth-order valence-electron chi connectivity index (χ4n) is 4.45. The van der Waals surface area contributed by atoms with Gasteiger partial charge in [0.25, 0.3) is 0 Å². The summed E-state index contributed by atoms with van der Waals surface area (Å²) in [7, 11) is 0. The quantitative estimate of drug-likeness (QED) is 0.398. The van der Waals surface area contributed by atoms with Crippen LogP contribution >= 0.6 is 11.8 Å². The highest BCUT2D eigenvalue weighted by Gasteiger charge is 2.32. The number of rotatable bonds is 10. The van der Waals surface area contributed by atoms with Gasteiger partial charge in [-0.1, -0.05) is 91.7 Å². The Morgan fingerprint density at radius 1 is 0.824 bits per heavy atom. The molecule has 0 aromatic heterocycles. The first-order chi connectivity index (χ1) is 16.7. The van der Waals surface area contributed by atoms with Gasteiger partial charge in [-0.25, -0.2) is 0 Å². The van der Waals surface area contributed by atoms with Gasteiger partial charge in [0.1, 0.15) is 6.04 Å². The van der Waals surface area contributed by atoms with E-state index in [0.29, 0.717) is 18.7 Å². The zero-order chi connectivity index (χ0) is 23.6. The number of hydrogen-bond donors (Lipinski definition) is 1. The van der Waals surface area contributed by atoms with Crippen molar-refractivity contribution in [2.45, 2.75) is 55.6 Å². The minimum atomic E-state index is -0.563. The van der Waals surface area contributed by atoms with Crippen molar-refractivity contribution in [2.24, 2.45) is 0 Å². The van der Waals surface area contributed by atoms with Crippen LogP contribution in [-0.4, -0.2) is 34.6 Å². The molecule has 3 aromatic rings. The molecule has 176 valence electrons. The van der Waals surface area contributed by atoms with Crippen LogP contribution in [0, 0.1) is 0 Å². The molecule has 1 saturated carbocycles. The summed E-state index contributed by atoms with van der Waals surface area (Å²) in [6.07, 6.45) is 4.82. The maximum Gasteiger partial charge on any atom is 0.243 e. The summed E-state index contributed by atoms with van der Waals surface area (Å²) in [6.45, 7) is 0.407. The highest BCUT2D eigenvalue weighted by atomic mass is 32.2. The topological polar surface area (TPSA) is 49.4 Å². The van der Waals surface area contributed by atoms with Crippen molar-refractivity contribution in [2.75, 3.05) is 5.75 Å². The second-order valence-electron chi connectivity index (χ2n) is 8.80. The smallest absolute Gasteiger partial charge is 0.243 e. The molecule has 0 saturated heterocycles. The maximum absolute atomic E-state index is 13.6. The first-order valence-electron chi connectivity index (χ1n) is 12.0. The fraction of sp³-hybridized carbons (Fsp3) is 0.310. The summed E-state index contributed by atoms with van der Waals surface area (Å²) in [6, 6.07) is 29.5. The number of thioether (sulfide) groups is 1. The SMILES string of the molecule is O=C(NC1CCCC1)[C@@H](Cc1ccccc1)N(Cc1ccccc1)C(=O)CSc1ccccc1. The zero-order valence-corrected chi connectivity index (χ0v) is 20.3. The van der Waals surface area contributed by atoms with E-state index in [1.54, 1.807) is 4.90 Å². The number of nitrogens with zero attached hydrogens (tertiary/aromatic N) is 1. The van der Waals surface area contributed by atoms with Crippen LogP contribution in [0.15, 0.2) is 95.9 Å². The molecule has 1 N–H and O–H groups in total. The predicted molar refractivity (Wildman–Crippen MR) is 138 cm³/mol. The Bertz CT molecular complexity index is 1040. The van der Waals surface area contributed by atoms with Gasteiger partial charge in [-0.05, 0) is 36.1 Å². The Kier molecular flexibility index (Phi) is 8.80. The average molecular weight is 473 g/mol. The van der Waals surface area contributed by atoms with Gasteiger partial charge in [0.15, 0.2) is 0 Å². The number of carbonyl (C=O) groups excluding carboxylic acids is 2. The van der Waals surface area contributed by atoms with Gasteiger partial charge in [0.05, 0.1) is 5.75 Å². The highest BCUT2D eigenvalue weighted by Crippen LogP contribution is 2.22. The molecule has 0 spiro atoms. The van der Waals surface area contributed by atoms with Gasteiger partial charge in [0, 0.05) is 23.9 Å². The maximum atomic E-state index is 13.6. The number of carbonyl (C=O) groups is 2. The van der Waals surface area contributed by atoms with E-state index in [0.717, 1.165) is 41.7 Å². The van der Waals surface area contributed by atoms with E-state index in [4.69, 9.17) is 0 Å². The van der Waals surface area contributed by atoms with Crippen molar-refractivity contribution in [3.63, 3.8) is 0 Å². The van der Waals surface area contributed by atoms with Gasteiger partial charge in [-0.3, -0.25) is 9.59 Å². The Labute approximate surface area is 206 Å². The lowest BCUT2D eigenvalue weighted by Gasteiger charge is -2.32. The molecule has 1 aliphatic rings. The minimum Gasteiger partial charge on any atom is -0.352 e. The van der Waals surface area contributed by atoms with E-state index in [2.05, 4.69) is 5.32 Å². The number of amides is 2. The Morgan fingerprint density at radius 2 is 1.38 bits per heavy atom. The summed E-state index contributed by atoms with van der Waals surface area (Å²) in [5.74, 6) is 0.212.